The van der Waals surface area contributed by atoms with Gasteiger partial charge in [-0.3, -0.25) is 4.79 Å². The molecule has 1 atom stereocenters. The van der Waals surface area contributed by atoms with E-state index < -0.39 is 0 Å². The normalized spacial score (nSPS) is 21.8. The van der Waals surface area contributed by atoms with Gasteiger partial charge in [0, 0.05) is 51.4 Å². The number of carbonyl (C=O) groups is 1. The van der Waals surface area contributed by atoms with Gasteiger partial charge in [0.2, 0.25) is 5.91 Å². The van der Waals surface area contributed by atoms with Crippen LogP contribution in [0.2, 0.25) is 0 Å². The molecule has 7 heteroatoms. The first kappa shape index (κ1) is 16.7. The van der Waals surface area contributed by atoms with Gasteiger partial charge in [0.05, 0.1) is 0 Å². The summed E-state index contributed by atoms with van der Waals surface area (Å²) in [7, 11) is 0. The van der Waals surface area contributed by atoms with Crippen molar-refractivity contribution < 1.29 is 4.79 Å². The Balaban J connectivity index is 1.58. The Morgan fingerprint density at radius 3 is 2.83 bits per heavy atom. The summed E-state index contributed by atoms with van der Waals surface area (Å²) >= 11 is 0. The van der Waals surface area contributed by atoms with E-state index in [0.717, 1.165) is 57.3 Å². The second-order valence-electron chi connectivity index (χ2n) is 6.30. The molecule has 7 nitrogen and oxygen atoms in total. The number of likely N-dealkylation sites (N-methyl/N-ethyl adjacent to an activating group) is 1. The third-order valence-corrected chi connectivity index (χ3v) is 4.82. The number of piperazine rings is 1. The highest BCUT2D eigenvalue weighted by molar-refractivity contribution is 5.87. The number of hydrogen-bond donors (Lipinski definition) is 1. The van der Waals surface area contributed by atoms with E-state index in [1.165, 1.54) is 6.08 Å². The first-order valence-corrected chi connectivity index (χ1v) is 8.67. The minimum Gasteiger partial charge on any atom is -0.365 e. The number of anilines is 2. The summed E-state index contributed by atoms with van der Waals surface area (Å²) in [5, 5.41) is 3.43. The van der Waals surface area contributed by atoms with Crippen LogP contribution in [-0.4, -0.2) is 77.5 Å². The highest BCUT2D eigenvalue weighted by Crippen LogP contribution is 2.19. The van der Waals surface area contributed by atoms with E-state index >= 15 is 0 Å². The lowest BCUT2D eigenvalue weighted by molar-refractivity contribution is -0.125. The van der Waals surface area contributed by atoms with Crippen molar-refractivity contribution in [2.45, 2.75) is 19.4 Å². The number of amides is 1. The molecule has 3 rings (SSSR count). The van der Waals surface area contributed by atoms with Gasteiger partial charge in [0.15, 0.2) is 0 Å². The van der Waals surface area contributed by atoms with Crippen LogP contribution in [0.1, 0.15) is 13.3 Å². The summed E-state index contributed by atoms with van der Waals surface area (Å²) < 4.78 is 0. The van der Waals surface area contributed by atoms with E-state index in [0.29, 0.717) is 6.54 Å². The van der Waals surface area contributed by atoms with Crippen LogP contribution in [-0.2, 0) is 4.79 Å². The standard InChI is InChI=1S/C17H26N6O/c1-3-17(24)23-6-5-14(12-23)20-15-11-16(19-13-18-15)22-9-7-21(4-2)8-10-22/h3,11,13-14H,1,4-10,12H2,2H3,(H,18,19,20)/t14-/m0/s1. The molecule has 0 unspecified atom stereocenters. The van der Waals surface area contributed by atoms with E-state index in [-0.39, 0.29) is 11.9 Å². The average Bonchev–Trinajstić information content (AvgIpc) is 3.10. The van der Waals surface area contributed by atoms with Crippen molar-refractivity contribution in [1.82, 2.24) is 19.8 Å². The van der Waals surface area contributed by atoms with Crippen molar-refractivity contribution >= 4 is 17.5 Å². The highest BCUT2D eigenvalue weighted by Gasteiger charge is 2.25. The van der Waals surface area contributed by atoms with Gasteiger partial charge < -0.3 is 20.0 Å². The van der Waals surface area contributed by atoms with Gasteiger partial charge >= 0.3 is 0 Å². The third-order valence-electron chi connectivity index (χ3n) is 4.82. The Bertz CT molecular complexity index is 584. The second-order valence-corrected chi connectivity index (χ2v) is 6.30. The first-order chi connectivity index (χ1) is 11.7. The molecule has 130 valence electrons. The zero-order chi connectivity index (χ0) is 16.9. The fraction of sp³-hybridized carbons (Fsp3) is 0.588. The lowest BCUT2D eigenvalue weighted by Gasteiger charge is -2.34. The van der Waals surface area contributed by atoms with Crippen molar-refractivity contribution in [2.24, 2.45) is 0 Å². The van der Waals surface area contributed by atoms with E-state index in [2.05, 4.69) is 38.6 Å². The molecule has 0 bridgehead atoms. The third kappa shape index (κ3) is 3.84. The van der Waals surface area contributed by atoms with Gasteiger partial charge in [-0.15, -0.1) is 0 Å². The number of rotatable bonds is 5. The Morgan fingerprint density at radius 1 is 1.33 bits per heavy atom. The fourth-order valence-corrected chi connectivity index (χ4v) is 3.31. The van der Waals surface area contributed by atoms with Crippen molar-refractivity contribution in [1.29, 1.82) is 0 Å². The van der Waals surface area contributed by atoms with Crippen LogP contribution in [0.5, 0.6) is 0 Å². The molecule has 1 amide bonds. The molecule has 1 aromatic heterocycles. The molecule has 24 heavy (non-hydrogen) atoms. The van der Waals surface area contributed by atoms with Crippen molar-refractivity contribution in [3.63, 3.8) is 0 Å². The maximum absolute atomic E-state index is 11.7. The number of likely N-dealkylation sites (tertiary alicyclic amines) is 1. The predicted molar refractivity (Wildman–Crippen MR) is 95.2 cm³/mol. The van der Waals surface area contributed by atoms with Crippen molar-refractivity contribution in [2.75, 3.05) is 56.0 Å². The Kier molecular flexibility index (Phi) is 5.30. The summed E-state index contributed by atoms with van der Waals surface area (Å²) in [6.45, 7) is 12.4. The largest absolute Gasteiger partial charge is 0.365 e. The highest BCUT2D eigenvalue weighted by atomic mass is 16.2. The summed E-state index contributed by atoms with van der Waals surface area (Å²) in [5.41, 5.74) is 0. The van der Waals surface area contributed by atoms with Crippen LogP contribution in [0.15, 0.2) is 25.0 Å². The molecule has 0 saturated carbocycles. The molecular formula is C17H26N6O. The average molecular weight is 330 g/mol. The Labute approximate surface area is 143 Å². The summed E-state index contributed by atoms with van der Waals surface area (Å²) in [6.07, 6.45) is 3.92. The minimum atomic E-state index is -0.00327. The molecule has 0 spiro atoms. The topological polar surface area (TPSA) is 64.6 Å². The number of nitrogens with one attached hydrogen (secondary N) is 1. The summed E-state index contributed by atoms with van der Waals surface area (Å²) in [4.78, 5) is 27.0. The Hall–Kier alpha value is -2.15. The van der Waals surface area contributed by atoms with Crippen LogP contribution in [0.3, 0.4) is 0 Å². The zero-order valence-electron chi connectivity index (χ0n) is 14.3. The molecule has 1 N–H and O–H groups in total. The Morgan fingerprint density at radius 2 is 2.12 bits per heavy atom. The molecule has 2 aliphatic heterocycles. The molecular weight excluding hydrogens is 304 g/mol. The van der Waals surface area contributed by atoms with Gasteiger partial charge in [-0.2, -0.15) is 0 Å². The van der Waals surface area contributed by atoms with Crippen molar-refractivity contribution in [3.05, 3.63) is 25.0 Å². The van der Waals surface area contributed by atoms with Gasteiger partial charge in [-0.1, -0.05) is 13.5 Å². The predicted octanol–water partition coefficient (Wildman–Crippen LogP) is 0.817. The lowest BCUT2D eigenvalue weighted by Crippen LogP contribution is -2.46. The van der Waals surface area contributed by atoms with E-state index in [4.69, 9.17) is 0 Å². The SMILES string of the molecule is C=CC(=O)N1CC[C@H](Nc2cc(N3CCN(CC)CC3)ncn2)C1. The van der Waals surface area contributed by atoms with Crippen LogP contribution < -0.4 is 10.2 Å². The monoisotopic (exact) mass is 330 g/mol. The van der Waals surface area contributed by atoms with Gasteiger partial charge in [-0.25, -0.2) is 9.97 Å². The van der Waals surface area contributed by atoms with E-state index in [1.54, 1.807) is 6.33 Å². The number of hydrogen-bond acceptors (Lipinski definition) is 6. The molecule has 1 aromatic rings. The maximum Gasteiger partial charge on any atom is 0.246 e. The fourth-order valence-electron chi connectivity index (χ4n) is 3.31. The maximum atomic E-state index is 11.7. The second kappa shape index (κ2) is 7.61. The molecule has 0 aliphatic carbocycles. The molecule has 0 aromatic carbocycles. The van der Waals surface area contributed by atoms with Gasteiger partial charge in [0.1, 0.15) is 18.0 Å². The van der Waals surface area contributed by atoms with Crippen LogP contribution >= 0.6 is 0 Å². The van der Waals surface area contributed by atoms with E-state index in [1.807, 2.05) is 11.0 Å². The zero-order valence-corrected chi connectivity index (χ0v) is 14.3. The lowest BCUT2D eigenvalue weighted by atomic mass is 10.2. The molecule has 2 aliphatic rings. The minimum absolute atomic E-state index is 0.00327. The number of nitrogens with zero attached hydrogens (tertiary/aromatic N) is 5. The van der Waals surface area contributed by atoms with E-state index in [9.17, 15) is 4.79 Å². The van der Waals surface area contributed by atoms with Crippen LogP contribution in [0.4, 0.5) is 11.6 Å². The quantitative estimate of drug-likeness (QED) is 0.807. The molecule has 2 saturated heterocycles. The summed E-state index contributed by atoms with van der Waals surface area (Å²) in [6, 6.07) is 2.24. The van der Waals surface area contributed by atoms with Crippen LogP contribution in [0, 0.1) is 0 Å². The molecule has 2 fully saturated rings. The van der Waals surface area contributed by atoms with Crippen LogP contribution in [0.25, 0.3) is 0 Å². The number of carbonyl (C=O) groups excluding carboxylic acids is 1. The van der Waals surface area contributed by atoms with Gasteiger partial charge in [-0.05, 0) is 19.0 Å². The van der Waals surface area contributed by atoms with Gasteiger partial charge in [0.25, 0.3) is 0 Å². The summed E-state index contributed by atoms with van der Waals surface area (Å²) in [5.74, 6) is 1.80. The smallest absolute Gasteiger partial charge is 0.246 e. The first-order valence-electron chi connectivity index (χ1n) is 8.67. The number of aromatic nitrogens is 2. The van der Waals surface area contributed by atoms with Crippen molar-refractivity contribution in [3.8, 4) is 0 Å². The molecule has 3 heterocycles. The molecule has 0 radical (unpaired) electrons.